The van der Waals surface area contributed by atoms with Crippen LogP contribution >= 0.6 is 12.6 Å². The fourth-order valence-electron chi connectivity index (χ4n) is 5.71. The highest BCUT2D eigenvalue weighted by Gasteiger charge is 2.39. The van der Waals surface area contributed by atoms with Crippen molar-refractivity contribution >= 4 is 70.9 Å². The van der Waals surface area contributed by atoms with Crippen LogP contribution in [0.2, 0.25) is 0 Å². The molecule has 0 saturated carbocycles. The minimum Gasteiger partial charge on any atom is -0.481 e. The van der Waals surface area contributed by atoms with Gasteiger partial charge in [-0.15, -0.1) is 0 Å². The number of thiol groups is 1. The zero-order chi connectivity index (χ0) is 38.4. The summed E-state index contributed by atoms with van der Waals surface area (Å²) in [6, 6.07) is 1.30. The minimum absolute atomic E-state index is 0.0508. The fourth-order valence-corrected chi connectivity index (χ4v) is 5.98. The van der Waals surface area contributed by atoms with Crippen LogP contribution < -0.4 is 44.2 Å². The quantitative estimate of drug-likeness (QED) is 0.0280. The maximum absolute atomic E-state index is 14.1. The lowest BCUT2D eigenvalue weighted by atomic mass is 10.0. The number of fused-ring (bicyclic) bond motifs is 1. The Balaban J connectivity index is 1.75. The molecule has 1 saturated heterocycles. The van der Waals surface area contributed by atoms with Crippen LogP contribution in [0.3, 0.4) is 0 Å². The lowest BCUT2D eigenvalue weighted by molar-refractivity contribution is -0.143. The molecule has 0 spiro atoms. The van der Waals surface area contributed by atoms with E-state index >= 15 is 0 Å². The Bertz CT molecular complexity index is 1650. The highest BCUT2D eigenvalue weighted by atomic mass is 32.1. The molecule has 0 unspecified atom stereocenters. The molecule has 1 aromatic carbocycles. The van der Waals surface area contributed by atoms with Crippen LogP contribution in [0.15, 0.2) is 35.5 Å². The Kier molecular flexibility index (Phi) is 15.7. The van der Waals surface area contributed by atoms with E-state index in [1.807, 2.05) is 18.2 Å². The second-order valence-corrected chi connectivity index (χ2v) is 12.7. The number of carboxylic acid groups (broad SMARTS) is 1. The number of benzene rings is 1. The monoisotopic (exact) mass is 745 g/mol. The fraction of sp³-hybridized carbons (Fsp3) is 0.500. The zero-order valence-corrected chi connectivity index (χ0v) is 29.4. The number of nitrogens with zero attached hydrogens (tertiary/aromatic N) is 2. The van der Waals surface area contributed by atoms with E-state index < -0.39 is 84.6 Å². The number of rotatable bonds is 20. The minimum atomic E-state index is -1.64. The van der Waals surface area contributed by atoms with Crippen LogP contribution in [0.1, 0.15) is 44.1 Å². The number of guanidine groups is 1. The normalized spacial score (nSPS) is 16.2. The van der Waals surface area contributed by atoms with E-state index in [1.165, 1.54) is 4.90 Å². The summed E-state index contributed by atoms with van der Waals surface area (Å²) >= 11 is 4.05. The second kappa shape index (κ2) is 19.9. The van der Waals surface area contributed by atoms with Gasteiger partial charge in [0, 0.05) is 42.4 Å². The molecule has 20 heteroatoms. The van der Waals surface area contributed by atoms with Gasteiger partial charge in [-0.05, 0) is 43.7 Å². The summed E-state index contributed by atoms with van der Waals surface area (Å²) in [5.41, 5.74) is 23.2. The van der Waals surface area contributed by atoms with E-state index in [1.54, 1.807) is 12.3 Å². The van der Waals surface area contributed by atoms with Crippen LogP contribution in [0.4, 0.5) is 0 Å². The van der Waals surface area contributed by atoms with Gasteiger partial charge in [0.1, 0.15) is 24.2 Å². The highest BCUT2D eigenvalue weighted by molar-refractivity contribution is 7.80. The summed E-state index contributed by atoms with van der Waals surface area (Å²) in [5, 5.41) is 20.1. The number of primary amides is 1. The van der Waals surface area contributed by atoms with E-state index in [0.717, 1.165) is 10.9 Å². The number of nitrogens with two attached hydrogens (primary N) is 4. The van der Waals surface area contributed by atoms with E-state index in [-0.39, 0.29) is 37.5 Å². The van der Waals surface area contributed by atoms with Crippen LogP contribution in [-0.4, -0.2) is 118 Å². The number of hydrogen-bond donors (Lipinski definition) is 11. The smallest absolute Gasteiger partial charge is 0.305 e. The van der Waals surface area contributed by atoms with Crippen LogP contribution in [0, 0.1) is 0 Å². The van der Waals surface area contributed by atoms with E-state index in [9.17, 15) is 38.7 Å². The van der Waals surface area contributed by atoms with Gasteiger partial charge in [-0.2, -0.15) is 12.6 Å². The standard InChI is InChI=1S/C32H47N11O8S/c33-19(7-3-4-10-37-32(35)36)28(48)39-15-25(44)40-21(13-26(45)46)29(49)41-22(12-17-14-38-20-8-2-1-6-18(17)20)31(51)43-11-5-9-24(43)30(50)42-23(16-52)27(34)47/h1-2,6,8,14,19,21-24,38,52H,3-5,7,9-13,15-16,33H2,(H2,34,47)(H,39,48)(H,40,44)(H,41,49)(H,42,50)(H,45,46)(H4,35,36,37)/t19-,21-,22-,23-,24-/m0/s1. The van der Waals surface area contributed by atoms with E-state index in [0.29, 0.717) is 31.4 Å². The van der Waals surface area contributed by atoms with Crippen molar-refractivity contribution in [1.82, 2.24) is 31.2 Å². The third-order valence-corrected chi connectivity index (χ3v) is 8.77. The first-order valence-electron chi connectivity index (χ1n) is 16.7. The van der Waals surface area contributed by atoms with Crippen molar-refractivity contribution in [2.24, 2.45) is 27.9 Å². The number of hydrogen-bond acceptors (Lipinski definition) is 10. The first-order chi connectivity index (χ1) is 24.7. The molecular weight excluding hydrogens is 698 g/mol. The zero-order valence-electron chi connectivity index (χ0n) is 28.5. The predicted molar refractivity (Wildman–Crippen MR) is 193 cm³/mol. The molecule has 2 aromatic rings. The predicted octanol–water partition coefficient (Wildman–Crippen LogP) is -3.07. The van der Waals surface area contributed by atoms with E-state index in [4.69, 9.17) is 22.9 Å². The van der Waals surface area contributed by atoms with Gasteiger partial charge in [0.2, 0.25) is 35.4 Å². The third kappa shape index (κ3) is 12.1. The van der Waals surface area contributed by atoms with Crippen molar-refractivity contribution < 1.29 is 38.7 Å². The summed E-state index contributed by atoms with van der Waals surface area (Å²) in [4.78, 5) is 97.9. The van der Waals surface area contributed by atoms with Crippen molar-refractivity contribution in [3.63, 3.8) is 0 Å². The first kappa shape index (κ1) is 41.1. The summed E-state index contributed by atoms with van der Waals surface area (Å²) in [6.45, 7) is -0.0838. The number of nitrogens with one attached hydrogen (secondary N) is 5. The number of aliphatic carboxylic acids is 1. The van der Waals surface area contributed by atoms with Crippen LogP contribution in [0.5, 0.6) is 0 Å². The Morgan fingerprint density at radius 1 is 0.981 bits per heavy atom. The van der Waals surface area contributed by atoms with Crippen molar-refractivity contribution in [1.29, 1.82) is 0 Å². The number of carboxylic acids is 1. The number of para-hydroxylation sites is 1. The molecule has 1 aliphatic heterocycles. The van der Waals surface area contributed by atoms with Crippen LogP contribution in [-0.2, 0) is 40.0 Å². The van der Waals surface area contributed by atoms with Gasteiger partial charge >= 0.3 is 5.97 Å². The number of H-pyrrole nitrogens is 1. The summed E-state index contributed by atoms with van der Waals surface area (Å²) in [7, 11) is 0. The Hall–Kier alpha value is -5.37. The van der Waals surface area contributed by atoms with E-state index in [2.05, 4.69) is 43.9 Å². The maximum atomic E-state index is 14.1. The number of aromatic amines is 1. The number of aromatic nitrogens is 1. The number of carbonyl (C=O) groups is 7. The second-order valence-electron chi connectivity index (χ2n) is 12.3. The molecule has 5 atom stereocenters. The van der Waals surface area contributed by atoms with Gasteiger partial charge in [-0.1, -0.05) is 18.2 Å². The largest absolute Gasteiger partial charge is 0.481 e. The molecule has 14 N–H and O–H groups in total. The Morgan fingerprint density at radius 3 is 2.38 bits per heavy atom. The van der Waals surface area contributed by atoms with Gasteiger partial charge in [-0.3, -0.25) is 38.6 Å². The number of carbonyl (C=O) groups excluding carboxylic acids is 6. The molecule has 1 aromatic heterocycles. The van der Waals surface area contributed by atoms with Crippen molar-refractivity contribution in [3.05, 3.63) is 36.0 Å². The number of likely N-dealkylation sites (tertiary alicyclic amines) is 1. The topological polar surface area (TPSA) is 323 Å². The molecule has 2 heterocycles. The highest BCUT2D eigenvalue weighted by Crippen LogP contribution is 2.23. The molecule has 0 bridgehead atoms. The van der Waals surface area contributed by atoms with Gasteiger partial charge in [0.25, 0.3) is 0 Å². The maximum Gasteiger partial charge on any atom is 0.305 e. The summed E-state index contributed by atoms with van der Waals surface area (Å²) in [6.07, 6.45) is 2.87. The Morgan fingerprint density at radius 2 is 1.71 bits per heavy atom. The molecule has 0 radical (unpaired) electrons. The molecule has 19 nitrogen and oxygen atoms in total. The molecule has 0 aliphatic carbocycles. The Labute approximate surface area is 304 Å². The molecule has 284 valence electrons. The van der Waals surface area contributed by atoms with Gasteiger partial charge in [0.15, 0.2) is 5.96 Å². The average molecular weight is 746 g/mol. The lowest BCUT2D eigenvalue weighted by Gasteiger charge is -2.30. The molecule has 3 rings (SSSR count). The number of aliphatic imine (C=N–C) groups is 1. The lowest BCUT2D eigenvalue weighted by Crippen LogP contribution is -2.59. The summed E-state index contributed by atoms with van der Waals surface area (Å²) < 4.78 is 0. The molecule has 52 heavy (non-hydrogen) atoms. The van der Waals surface area contributed by atoms with Crippen molar-refractivity contribution in [2.45, 2.75) is 75.2 Å². The first-order valence-corrected chi connectivity index (χ1v) is 17.3. The van der Waals surface area contributed by atoms with Crippen molar-refractivity contribution in [2.75, 3.05) is 25.4 Å². The van der Waals surface area contributed by atoms with Gasteiger partial charge in [0.05, 0.1) is 19.0 Å². The number of amides is 6. The van der Waals surface area contributed by atoms with Gasteiger partial charge in [-0.25, -0.2) is 0 Å². The average Bonchev–Trinajstić information content (AvgIpc) is 3.75. The molecule has 1 aliphatic rings. The molecular formula is C32H47N11O8S. The van der Waals surface area contributed by atoms with Crippen LogP contribution in [0.25, 0.3) is 10.9 Å². The molecule has 6 amide bonds. The SMILES string of the molecule is NC(=O)[C@H](CS)NC(=O)[C@@H]1CCCN1C(=O)[C@H](Cc1c[nH]c2ccccc12)NC(=O)[C@H](CC(=O)O)NC(=O)CNC(=O)[C@@H](N)CCCCN=C(N)N. The van der Waals surface area contributed by atoms with Gasteiger partial charge < -0.3 is 59.2 Å². The number of unbranched alkanes of at least 4 members (excludes halogenated alkanes) is 1. The van der Waals surface area contributed by atoms with Crippen molar-refractivity contribution in [3.8, 4) is 0 Å². The summed E-state index contributed by atoms with van der Waals surface area (Å²) in [5.74, 6) is -6.09. The third-order valence-electron chi connectivity index (χ3n) is 8.40. The molecule has 1 fully saturated rings.